The van der Waals surface area contributed by atoms with Crippen LogP contribution in [0.15, 0.2) is 36.4 Å². The van der Waals surface area contributed by atoms with Crippen LogP contribution in [0.4, 0.5) is 31.1 Å². The van der Waals surface area contributed by atoms with Crippen LogP contribution in [-0.2, 0) is 15.9 Å². The first-order valence-corrected chi connectivity index (χ1v) is 12.3. The number of imide groups is 1. The lowest BCUT2D eigenvalue weighted by Gasteiger charge is -2.33. The van der Waals surface area contributed by atoms with E-state index in [2.05, 4.69) is 5.32 Å². The van der Waals surface area contributed by atoms with E-state index >= 15 is 0 Å². The monoisotopic (exact) mass is 576 g/mol. The first-order valence-electron chi connectivity index (χ1n) is 12.3. The van der Waals surface area contributed by atoms with E-state index in [9.17, 15) is 41.0 Å². The van der Waals surface area contributed by atoms with Gasteiger partial charge in [0.2, 0.25) is 6.79 Å². The van der Waals surface area contributed by atoms with Crippen molar-refractivity contribution in [1.29, 1.82) is 0 Å². The number of carbonyl (C=O) groups is 2. The molecular weight excluding hydrogens is 550 g/mol. The summed E-state index contributed by atoms with van der Waals surface area (Å²) in [5.74, 6) is 0.587. The number of aliphatic hydroxyl groups is 1. The Morgan fingerprint density at radius 1 is 1.00 bits per heavy atom. The van der Waals surface area contributed by atoms with Crippen molar-refractivity contribution >= 4 is 11.9 Å². The molecule has 14 heteroatoms. The molecule has 3 amide bonds. The third-order valence-corrected chi connectivity index (χ3v) is 7.02. The molecule has 0 aliphatic carbocycles. The summed E-state index contributed by atoms with van der Waals surface area (Å²) in [7, 11) is 0. The van der Waals surface area contributed by atoms with Crippen LogP contribution in [0.2, 0.25) is 0 Å². The molecule has 2 aromatic carbocycles. The third-order valence-electron chi connectivity index (χ3n) is 7.02. The highest BCUT2D eigenvalue weighted by Gasteiger charge is 2.71. The number of halogens is 6. The molecule has 2 N–H and O–H groups in total. The van der Waals surface area contributed by atoms with Gasteiger partial charge in [-0.05, 0) is 61.6 Å². The van der Waals surface area contributed by atoms with Crippen molar-refractivity contribution in [3.63, 3.8) is 0 Å². The van der Waals surface area contributed by atoms with Crippen molar-refractivity contribution in [2.45, 2.75) is 56.6 Å². The number of alkyl halides is 6. The number of ether oxygens (including phenoxy) is 3. The zero-order valence-electron chi connectivity index (χ0n) is 21.4. The topological polar surface area (TPSA) is 97.3 Å². The van der Waals surface area contributed by atoms with Crippen LogP contribution in [0.1, 0.15) is 42.9 Å². The summed E-state index contributed by atoms with van der Waals surface area (Å²) >= 11 is 0. The molecule has 2 aromatic rings. The maximum Gasteiger partial charge on any atom is 0.430 e. The SMILES string of the molecule is CCC1(c2ccc3c(c2)OCO3)NC(=O)N(CCCCOc2ccc(C(O)(C(F)(F)F)C(F)(F)F)cc2C)C1=O. The summed E-state index contributed by atoms with van der Waals surface area (Å²) in [4.78, 5) is 27.1. The van der Waals surface area contributed by atoms with Gasteiger partial charge in [-0.15, -0.1) is 0 Å². The Morgan fingerprint density at radius 2 is 1.68 bits per heavy atom. The number of carbonyl (C=O) groups excluding carboxylic acids is 2. The van der Waals surface area contributed by atoms with E-state index in [0.29, 0.717) is 42.0 Å². The molecule has 4 rings (SSSR count). The molecule has 0 radical (unpaired) electrons. The van der Waals surface area contributed by atoms with Gasteiger partial charge >= 0.3 is 18.4 Å². The van der Waals surface area contributed by atoms with Gasteiger partial charge in [-0.25, -0.2) is 4.79 Å². The molecule has 0 aromatic heterocycles. The zero-order chi connectivity index (χ0) is 29.5. The minimum absolute atomic E-state index is 0.00767. The van der Waals surface area contributed by atoms with Crippen LogP contribution in [0.5, 0.6) is 17.2 Å². The van der Waals surface area contributed by atoms with E-state index in [1.807, 2.05) is 0 Å². The van der Waals surface area contributed by atoms with E-state index in [1.54, 1.807) is 25.1 Å². The lowest BCUT2D eigenvalue weighted by molar-refractivity contribution is -0.376. The Hall–Kier alpha value is -3.68. The lowest BCUT2D eigenvalue weighted by Crippen LogP contribution is -2.53. The molecule has 0 spiro atoms. The van der Waals surface area contributed by atoms with Gasteiger partial charge in [-0.1, -0.05) is 19.1 Å². The average Bonchev–Trinajstić information content (AvgIpc) is 3.44. The number of fused-ring (bicyclic) bond motifs is 1. The quantitative estimate of drug-likeness (QED) is 0.246. The van der Waals surface area contributed by atoms with Gasteiger partial charge in [-0.3, -0.25) is 9.69 Å². The van der Waals surface area contributed by atoms with Crippen molar-refractivity contribution < 1.29 is 55.2 Å². The normalized spacial score (nSPS) is 19.3. The van der Waals surface area contributed by atoms with E-state index in [1.165, 1.54) is 6.92 Å². The fraction of sp³-hybridized carbons (Fsp3) is 0.462. The van der Waals surface area contributed by atoms with Crippen LogP contribution in [0, 0.1) is 6.92 Å². The van der Waals surface area contributed by atoms with Gasteiger partial charge in [0.25, 0.3) is 11.5 Å². The number of hydrogen-bond donors (Lipinski definition) is 2. The highest BCUT2D eigenvalue weighted by atomic mass is 19.4. The maximum atomic E-state index is 13.3. The number of rotatable bonds is 9. The maximum absolute atomic E-state index is 13.3. The van der Waals surface area contributed by atoms with Crippen LogP contribution in [0.3, 0.4) is 0 Å². The summed E-state index contributed by atoms with van der Waals surface area (Å²) in [5.41, 5.74) is -7.18. The van der Waals surface area contributed by atoms with Gasteiger partial charge in [0.05, 0.1) is 6.61 Å². The molecule has 218 valence electrons. The minimum Gasteiger partial charge on any atom is -0.493 e. The van der Waals surface area contributed by atoms with Crippen molar-refractivity contribution in [3.8, 4) is 17.2 Å². The fourth-order valence-electron chi connectivity index (χ4n) is 4.71. The number of benzene rings is 2. The fourth-order valence-corrected chi connectivity index (χ4v) is 4.71. The van der Waals surface area contributed by atoms with Crippen LogP contribution < -0.4 is 19.5 Å². The third kappa shape index (κ3) is 4.88. The lowest BCUT2D eigenvalue weighted by atomic mass is 9.87. The minimum atomic E-state index is -5.99. The van der Waals surface area contributed by atoms with Gasteiger partial charge in [-0.2, -0.15) is 26.3 Å². The van der Waals surface area contributed by atoms with Gasteiger partial charge in [0, 0.05) is 12.1 Å². The summed E-state index contributed by atoms with van der Waals surface area (Å²) in [5, 5.41) is 12.3. The molecule has 0 bridgehead atoms. The zero-order valence-corrected chi connectivity index (χ0v) is 21.4. The Balaban J connectivity index is 1.35. The largest absolute Gasteiger partial charge is 0.493 e. The van der Waals surface area contributed by atoms with Crippen LogP contribution >= 0.6 is 0 Å². The van der Waals surface area contributed by atoms with Crippen molar-refractivity contribution in [2.75, 3.05) is 19.9 Å². The predicted molar refractivity (Wildman–Crippen MR) is 127 cm³/mol. The number of unbranched alkanes of at least 4 members (excludes halogenated alkanes) is 1. The first-order chi connectivity index (χ1) is 18.7. The number of aryl methyl sites for hydroxylation is 1. The van der Waals surface area contributed by atoms with Crippen LogP contribution in [0.25, 0.3) is 0 Å². The Bertz CT molecular complexity index is 1280. The standard InChI is InChI=1S/C26H26F6N2O6/c1-3-23(16-6-9-19-20(13-16)40-14-39-19)21(35)34(22(36)33-23)10-4-5-11-38-18-8-7-17(12-15(18)2)24(37,25(27,28)29)26(30,31)32/h6-9,12-13,37H,3-5,10-11,14H2,1-2H3,(H,33,36). The second kappa shape index (κ2) is 10.4. The molecule has 1 fully saturated rings. The molecule has 1 unspecified atom stereocenters. The van der Waals surface area contributed by atoms with Gasteiger partial charge in [0.15, 0.2) is 11.5 Å². The van der Waals surface area contributed by atoms with E-state index < -0.39 is 41.0 Å². The molecule has 2 aliphatic heterocycles. The van der Waals surface area contributed by atoms with E-state index in [-0.39, 0.29) is 37.7 Å². The number of urea groups is 1. The van der Waals surface area contributed by atoms with Crippen LogP contribution in [-0.4, -0.2) is 54.2 Å². The number of hydrogen-bond acceptors (Lipinski definition) is 6. The predicted octanol–water partition coefficient (Wildman–Crippen LogP) is 5.05. The smallest absolute Gasteiger partial charge is 0.430 e. The number of amides is 3. The average molecular weight is 576 g/mol. The van der Waals surface area contributed by atoms with Gasteiger partial charge < -0.3 is 24.6 Å². The molecule has 0 saturated carbocycles. The van der Waals surface area contributed by atoms with Gasteiger partial charge in [0.1, 0.15) is 11.3 Å². The Labute approximate surface area is 224 Å². The Kier molecular flexibility index (Phi) is 7.60. The first kappa shape index (κ1) is 29.3. The second-order valence-electron chi connectivity index (χ2n) is 9.46. The summed E-state index contributed by atoms with van der Waals surface area (Å²) < 4.78 is 95.0. The van der Waals surface area contributed by atoms with Crippen molar-refractivity contribution in [2.24, 2.45) is 0 Å². The molecular formula is C26H26F6N2O6. The Morgan fingerprint density at radius 3 is 2.30 bits per heavy atom. The second-order valence-corrected chi connectivity index (χ2v) is 9.46. The molecule has 2 heterocycles. The van der Waals surface area contributed by atoms with E-state index in [0.717, 1.165) is 11.0 Å². The molecule has 1 atom stereocenters. The highest BCUT2D eigenvalue weighted by Crippen LogP contribution is 2.50. The van der Waals surface area contributed by atoms with Crippen molar-refractivity contribution in [1.82, 2.24) is 10.2 Å². The number of nitrogens with one attached hydrogen (secondary N) is 1. The summed E-state index contributed by atoms with van der Waals surface area (Å²) in [6.45, 7) is 3.13. The van der Waals surface area contributed by atoms with E-state index in [4.69, 9.17) is 14.2 Å². The number of nitrogens with zero attached hydrogens (tertiary/aromatic N) is 1. The molecule has 8 nitrogen and oxygen atoms in total. The molecule has 1 saturated heterocycles. The molecule has 2 aliphatic rings. The summed E-state index contributed by atoms with van der Waals surface area (Å²) in [6, 6.07) is 6.44. The summed E-state index contributed by atoms with van der Waals surface area (Å²) in [6.07, 6.45) is -11.1. The molecule has 40 heavy (non-hydrogen) atoms. The highest BCUT2D eigenvalue weighted by molar-refractivity contribution is 6.07. The van der Waals surface area contributed by atoms with Crippen molar-refractivity contribution in [3.05, 3.63) is 53.1 Å².